The van der Waals surface area contributed by atoms with Crippen LogP contribution in [-0.2, 0) is 0 Å². The lowest BCUT2D eigenvalue weighted by Crippen LogP contribution is -2.46. The van der Waals surface area contributed by atoms with Crippen LogP contribution >= 0.6 is 11.8 Å². The van der Waals surface area contributed by atoms with Crippen LogP contribution in [0.15, 0.2) is 56.9 Å². The first-order valence-corrected chi connectivity index (χ1v) is 10.8. The number of ether oxygens (including phenoxy) is 2. The summed E-state index contributed by atoms with van der Waals surface area (Å²) in [5, 5.41) is 0.384. The Labute approximate surface area is 183 Å². The van der Waals surface area contributed by atoms with E-state index >= 15 is 0 Å². The van der Waals surface area contributed by atoms with E-state index < -0.39 is 0 Å². The van der Waals surface area contributed by atoms with Gasteiger partial charge in [0, 0.05) is 17.2 Å². The number of nitrogens with one attached hydrogen (secondary N) is 2. The molecule has 0 radical (unpaired) electrons. The summed E-state index contributed by atoms with van der Waals surface area (Å²) >= 11 is 1.78. The minimum atomic E-state index is -0.376. The van der Waals surface area contributed by atoms with Crippen molar-refractivity contribution in [2.24, 2.45) is 0 Å². The second-order valence-electron chi connectivity index (χ2n) is 7.36. The van der Waals surface area contributed by atoms with E-state index in [-0.39, 0.29) is 28.6 Å². The number of nitrogens with zero attached hydrogens (tertiary/aromatic N) is 1. The SMILES string of the molecule is CN(C)CCSc1ccc(C=c2[nH]c(=O)c(=Cc3ccc4c(c3)OCO4)[nH]c2=O)cc1. The van der Waals surface area contributed by atoms with E-state index in [1.807, 2.05) is 24.3 Å². The standard InChI is InChI=1S/C23H23N3O4S/c1-26(2)9-10-31-17-6-3-15(4-7-17)11-18-22(27)25-19(23(28)24-18)12-16-5-8-20-21(13-16)30-14-29-20/h3-8,11-13H,9-10,14H2,1-2H3,(H,24,28)(H,25,27). The molecule has 4 rings (SSSR count). The highest BCUT2D eigenvalue weighted by atomic mass is 32.2. The lowest BCUT2D eigenvalue weighted by molar-refractivity contribution is 0.174. The second-order valence-corrected chi connectivity index (χ2v) is 8.53. The fraction of sp³-hybridized carbons (Fsp3) is 0.217. The summed E-state index contributed by atoms with van der Waals surface area (Å²) in [6, 6.07) is 13.2. The molecule has 0 spiro atoms. The Morgan fingerprint density at radius 1 is 0.903 bits per heavy atom. The van der Waals surface area contributed by atoms with Crippen LogP contribution in [0.3, 0.4) is 0 Å². The molecular formula is C23H23N3O4S. The Morgan fingerprint density at radius 2 is 1.52 bits per heavy atom. The van der Waals surface area contributed by atoms with Crippen LogP contribution < -0.4 is 31.3 Å². The van der Waals surface area contributed by atoms with E-state index in [2.05, 4.69) is 29.0 Å². The number of rotatable bonds is 6. The first-order chi connectivity index (χ1) is 15.0. The number of benzene rings is 2. The third-order valence-corrected chi connectivity index (χ3v) is 5.68. The molecule has 0 amide bonds. The highest BCUT2D eigenvalue weighted by Crippen LogP contribution is 2.32. The van der Waals surface area contributed by atoms with Crippen molar-refractivity contribution in [3.8, 4) is 11.5 Å². The van der Waals surface area contributed by atoms with Gasteiger partial charge in [-0.1, -0.05) is 18.2 Å². The number of fused-ring (bicyclic) bond motifs is 1. The summed E-state index contributed by atoms with van der Waals surface area (Å²) in [5.41, 5.74) is 0.825. The Bertz CT molecular complexity index is 1310. The molecule has 0 unspecified atom stereocenters. The van der Waals surface area contributed by atoms with E-state index in [4.69, 9.17) is 9.47 Å². The predicted octanol–water partition coefficient (Wildman–Crippen LogP) is 1.10. The first-order valence-electron chi connectivity index (χ1n) is 9.81. The molecule has 1 aliphatic heterocycles. The van der Waals surface area contributed by atoms with E-state index in [0.29, 0.717) is 11.5 Å². The van der Waals surface area contributed by atoms with E-state index in [1.54, 1.807) is 42.1 Å². The molecule has 8 heteroatoms. The minimum absolute atomic E-state index is 0.175. The fourth-order valence-corrected chi connectivity index (χ4v) is 4.06. The highest BCUT2D eigenvalue weighted by Gasteiger charge is 2.12. The van der Waals surface area contributed by atoms with Gasteiger partial charge in [0.05, 0.1) is 0 Å². The van der Waals surface area contributed by atoms with Crippen molar-refractivity contribution in [3.05, 3.63) is 85.0 Å². The maximum absolute atomic E-state index is 12.5. The third-order valence-electron chi connectivity index (χ3n) is 4.69. The van der Waals surface area contributed by atoms with Gasteiger partial charge in [0.2, 0.25) is 6.79 Å². The van der Waals surface area contributed by atoms with Crippen molar-refractivity contribution in [2.75, 3.05) is 33.2 Å². The molecule has 0 saturated heterocycles. The number of H-pyrrole nitrogens is 2. The van der Waals surface area contributed by atoms with Crippen molar-refractivity contribution in [2.45, 2.75) is 4.90 Å². The van der Waals surface area contributed by atoms with Crippen LogP contribution in [0.5, 0.6) is 11.5 Å². The zero-order chi connectivity index (χ0) is 21.8. The van der Waals surface area contributed by atoms with Crippen LogP contribution in [0.4, 0.5) is 0 Å². The number of aromatic nitrogens is 2. The number of thioether (sulfide) groups is 1. The summed E-state index contributed by atoms with van der Waals surface area (Å²) in [4.78, 5) is 33.7. The summed E-state index contributed by atoms with van der Waals surface area (Å²) < 4.78 is 10.6. The molecule has 31 heavy (non-hydrogen) atoms. The van der Waals surface area contributed by atoms with Crippen LogP contribution in [0, 0.1) is 0 Å². The normalized spacial score (nSPS) is 13.9. The van der Waals surface area contributed by atoms with E-state index in [0.717, 1.165) is 28.3 Å². The van der Waals surface area contributed by atoms with Gasteiger partial charge in [-0.3, -0.25) is 9.59 Å². The van der Waals surface area contributed by atoms with Crippen LogP contribution in [0.25, 0.3) is 12.2 Å². The molecule has 2 aromatic carbocycles. The lowest BCUT2D eigenvalue weighted by Gasteiger charge is -2.08. The van der Waals surface area contributed by atoms with Gasteiger partial charge in [-0.2, -0.15) is 0 Å². The van der Waals surface area contributed by atoms with Gasteiger partial charge in [0.1, 0.15) is 10.7 Å². The lowest BCUT2D eigenvalue weighted by atomic mass is 10.2. The first kappa shape index (κ1) is 21.0. The highest BCUT2D eigenvalue weighted by molar-refractivity contribution is 7.99. The number of hydrogen-bond donors (Lipinski definition) is 2. The van der Waals surface area contributed by atoms with Gasteiger partial charge in [-0.05, 0) is 61.6 Å². The van der Waals surface area contributed by atoms with Crippen molar-refractivity contribution in [1.82, 2.24) is 14.9 Å². The topological polar surface area (TPSA) is 87.4 Å². The average Bonchev–Trinajstić information content (AvgIpc) is 3.20. The quantitative estimate of drug-likeness (QED) is 0.562. The van der Waals surface area contributed by atoms with Crippen LogP contribution in [0.1, 0.15) is 11.1 Å². The molecule has 1 aromatic heterocycles. The smallest absolute Gasteiger partial charge is 0.272 e. The van der Waals surface area contributed by atoms with Gasteiger partial charge in [-0.15, -0.1) is 11.8 Å². The van der Waals surface area contributed by atoms with Gasteiger partial charge >= 0.3 is 0 Å². The number of aromatic amines is 2. The molecule has 0 fully saturated rings. The van der Waals surface area contributed by atoms with Crippen molar-refractivity contribution in [1.29, 1.82) is 0 Å². The molecule has 1 aliphatic rings. The fourth-order valence-electron chi connectivity index (χ4n) is 3.04. The third kappa shape index (κ3) is 5.28. The summed E-state index contributed by atoms with van der Waals surface area (Å²) in [5.74, 6) is 2.28. The second kappa shape index (κ2) is 9.28. The maximum Gasteiger partial charge on any atom is 0.272 e. The molecule has 7 nitrogen and oxygen atoms in total. The van der Waals surface area contributed by atoms with Crippen LogP contribution in [0.2, 0.25) is 0 Å². The molecule has 2 N–H and O–H groups in total. The zero-order valence-electron chi connectivity index (χ0n) is 17.3. The predicted molar refractivity (Wildman–Crippen MR) is 122 cm³/mol. The van der Waals surface area contributed by atoms with Crippen molar-refractivity contribution < 1.29 is 9.47 Å². The number of hydrogen-bond acceptors (Lipinski definition) is 6. The largest absolute Gasteiger partial charge is 0.454 e. The van der Waals surface area contributed by atoms with Gasteiger partial charge < -0.3 is 24.3 Å². The molecule has 0 aliphatic carbocycles. The molecule has 3 aromatic rings. The van der Waals surface area contributed by atoms with Gasteiger partial charge in [0.25, 0.3) is 11.1 Å². The summed E-state index contributed by atoms with van der Waals surface area (Å²) in [7, 11) is 4.10. The molecule has 0 atom stereocenters. The Balaban J connectivity index is 1.58. The molecular weight excluding hydrogens is 414 g/mol. The summed E-state index contributed by atoms with van der Waals surface area (Å²) in [6.07, 6.45) is 3.27. The molecule has 0 saturated carbocycles. The van der Waals surface area contributed by atoms with Crippen LogP contribution in [-0.4, -0.2) is 48.1 Å². The van der Waals surface area contributed by atoms with Gasteiger partial charge in [0.15, 0.2) is 11.5 Å². The molecule has 2 heterocycles. The Kier molecular flexibility index (Phi) is 6.29. The van der Waals surface area contributed by atoms with Gasteiger partial charge in [-0.25, -0.2) is 0 Å². The monoisotopic (exact) mass is 437 g/mol. The van der Waals surface area contributed by atoms with Crippen molar-refractivity contribution in [3.63, 3.8) is 0 Å². The summed E-state index contributed by atoms with van der Waals surface area (Å²) in [6.45, 7) is 1.18. The maximum atomic E-state index is 12.5. The Morgan fingerprint density at radius 3 is 2.19 bits per heavy atom. The Hall–Kier alpha value is -3.23. The van der Waals surface area contributed by atoms with E-state index in [1.165, 1.54) is 0 Å². The molecule has 160 valence electrons. The average molecular weight is 438 g/mol. The van der Waals surface area contributed by atoms with E-state index in [9.17, 15) is 9.59 Å². The zero-order valence-corrected chi connectivity index (χ0v) is 18.1. The minimum Gasteiger partial charge on any atom is -0.454 e. The van der Waals surface area contributed by atoms with Crippen molar-refractivity contribution >= 4 is 23.9 Å². The molecule has 0 bridgehead atoms.